The van der Waals surface area contributed by atoms with Crippen LogP contribution in [0.3, 0.4) is 0 Å². The summed E-state index contributed by atoms with van der Waals surface area (Å²) >= 11 is 5.46. The lowest BCUT2D eigenvalue weighted by atomic mass is 9.93. The second kappa shape index (κ2) is 13.6. The standard InChI is InChI=1S/C32H26I2N2O7S/c1-5-42-31(39)26-27(18-9-7-6-8-10-18)35-32-36(28(26)19-11-12-23(40-3)24(14-19)41-4)30(38)25(44-32)15-20-13-21(33)16-22(34)29(20)43-17(2)37/h6-16,28H,5H2,1-4H3/b25-15-/t28-/m1/s1. The largest absolute Gasteiger partial charge is 0.493 e. The van der Waals surface area contributed by atoms with Crippen LogP contribution < -0.4 is 29.1 Å². The first-order valence-electron chi connectivity index (χ1n) is 13.3. The van der Waals surface area contributed by atoms with Gasteiger partial charge < -0.3 is 18.9 Å². The molecule has 44 heavy (non-hydrogen) atoms. The number of esters is 2. The summed E-state index contributed by atoms with van der Waals surface area (Å²) < 4.78 is 25.6. The maximum Gasteiger partial charge on any atom is 0.338 e. The first kappa shape index (κ1) is 31.9. The van der Waals surface area contributed by atoms with E-state index >= 15 is 0 Å². The Hall–Kier alpha value is -3.50. The van der Waals surface area contributed by atoms with Crippen LogP contribution >= 0.6 is 56.5 Å². The second-order valence-electron chi connectivity index (χ2n) is 9.45. The monoisotopic (exact) mass is 836 g/mol. The first-order chi connectivity index (χ1) is 21.2. The Morgan fingerprint density at radius 2 is 1.75 bits per heavy atom. The van der Waals surface area contributed by atoms with Crippen molar-refractivity contribution in [2.45, 2.75) is 19.9 Å². The molecule has 1 aliphatic rings. The number of thiazole rings is 1. The predicted molar refractivity (Wildman–Crippen MR) is 184 cm³/mol. The smallest absolute Gasteiger partial charge is 0.338 e. The van der Waals surface area contributed by atoms with E-state index in [0.717, 1.165) is 7.14 Å². The maximum absolute atomic E-state index is 14.3. The zero-order chi connectivity index (χ0) is 31.5. The van der Waals surface area contributed by atoms with E-state index in [1.165, 1.54) is 37.0 Å². The molecule has 5 rings (SSSR count). The van der Waals surface area contributed by atoms with Gasteiger partial charge in [0.25, 0.3) is 5.56 Å². The summed E-state index contributed by atoms with van der Waals surface area (Å²) in [4.78, 5) is 45.2. The van der Waals surface area contributed by atoms with E-state index in [0.29, 0.717) is 49.0 Å². The minimum atomic E-state index is -0.897. The molecule has 0 aliphatic carbocycles. The van der Waals surface area contributed by atoms with Crippen LogP contribution in [0.4, 0.5) is 0 Å². The highest BCUT2D eigenvalue weighted by molar-refractivity contribution is 14.1. The van der Waals surface area contributed by atoms with Crippen LogP contribution in [0, 0.1) is 7.14 Å². The van der Waals surface area contributed by atoms with Gasteiger partial charge in [0, 0.05) is 21.6 Å². The van der Waals surface area contributed by atoms with Crippen molar-refractivity contribution in [2.24, 2.45) is 4.99 Å². The Balaban J connectivity index is 1.86. The van der Waals surface area contributed by atoms with E-state index < -0.39 is 18.0 Å². The van der Waals surface area contributed by atoms with Crippen molar-refractivity contribution in [2.75, 3.05) is 20.8 Å². The van der Waals surface area contributed by atoms with Crippen LogP contribution in [-0.4, -0.2) is 37.3 Å². The van der Waals surface area contributed by atoms with Crippen LogP contribution in [0.25, 0.3) is 11.8 Å². The van der Waals surface area contributed by atoms with Gasteiger partial charge in [-0.25, -0.2) is 9.79 Å². The Kier molecular flexibility index (Phi) is 9.90. The highest BCUT2D eigenvalue weighted by Crippen LogP contribution is 2.38. The van der Waals surface area contributed by atoms with Crippen LogP contribution in [0.2, 0.25) is 0 Å². The molecule has 4 aromatic rings. The molecule has 0 spiro atoms. The number of methoxy groups -OCH3 is 2. The van der Waals surface area contributed by atoms with E-state index in [9.17, 15) is 14.4 Å². The van der Waals surface area contributed by atoms with Gasteiger partial charge >= 0.3 is 11.9 Å². The number of carbonyl (C=O) groups is 2. The van der Waals surface area contributed by atoms with E-state index in [4.69, 9.17) is 23.9 Å². The topological polar surface area (TPSA) is 105 Å². The van der Waals surface area contributed by atoms with Gasteiger partial charge in [-0.1, -0.05) is 47.7 Å². The number of ether oxygens (including phenoxy) is 4. The summed E-state index contributed by atoms with van der Waals surface area (Å²) in [5.41, 5.74) is 2.12. The van der Waals surface area contributed by atoms with Crippen molar-refractivity contribution in [1.82, 2.24) is 4.57 Å². The van der Waals surface area contributed by atoms with Crippen LogP contribution in [-0.2, 0) is 14.3 Å². The third kappa shape index (κ3) is 6.33. The highest BCUT2D eigenvalue weighted by Gasteiger charge is 2.35. The summed E-state index contributed by atoms with van der Waals surface area (Å²) in [5, 5.41) is 0. The number of halogens is 2. The molecule has 0 unspecified atom stereocenters. The van der Waals surface area contributed by atoms with Gasteiger partial charge in [-0.05, 0) is 88.0 Å². The average molecular weight is 836 g/mol. The normalized spacial score (nSPS) is 14.5. The molecule has 12 heteroatoms. The van der Waals surface area contributed by atoms with Gasteiger partial charge in [0.2, 0.25) is 0 Å². The van der Waals surface area contributed by atoms with Gasteiger partial charge in [-0.2, -0.15) is 0 Å². The number of fused-ring (bicyclic) bond motifs is 1. The molecule has 0 N–H and O–H groups in total. The minimum Gasteiger partial charge on any atom is -0.493 e. The van der Waals surface area contributed by atoms with Crippen LogP contribution in [0.5, 0.6) is 17.2 Å². The van der Waals surface area contributed by atoms with Crippen molar-refractivity contribution in [1.29, 1.82) is 0 Å². The molecule has 1 aliphatic heterocycles. The number of carbonyl (C=O) groups excluding carboxylic acids is 2. The number of aromatic nitrogens is 1. The molecule has 3 aromatic carbocycles. The van der Waals surface area contributed by atoms with E-state index in [1.54, 1.807) is 31.2 Å². The fourth-order valence-electron chi connectivity index (χ4n) is 4.86. The lowest BCUT2D eigenvalue weighted by molar-refractivity contribution is -0.139. The number of nitrogens with zero attached hydrogens (tertiary/aromatic N) is 2. The molecule has 9 nitrogen and oxygen atoms in total. The lowest BCUT2D eigenvalue weighted by Gasteiger charge is -2.26. The molecule has 0 radical (unpaired) electrons. The van der Waals surface area contributed by atoms with Crippen molar-refractivity contribution < 1.29 is 28.5 Å². The zero-order valence-corrected chi connectivity index (χ0v) is 29.2. The van der Waals surface area contributed by atoms with Gasteiger partial charge in [0.1, 0.15) is 0 Å². The fraction of sp³-hybridized carbons (Fsp3) is 0.188. The molecule has 1 atom stereocenters. The zero-order valence-electron chi connectivity index (χ0n) is 24.1. The summed E-state index contributed by atoms with van der Waals surface area (Å²) in [7, 11) is 3.06. The second-order valence-corrected chi connectivity index (χ2v) is 12.9. The van der Waals surface area contributed by atoms with Crippen LogP contribution in [0.1, 0.15) is 36.6 Å². The van der Waals surface area contributed by atoms with E-state index in [1.807, 2.05) is 42.5 Å². The van der Waals surface area contributed by atoms with Crippen molar-refractivity contribution in [3.05, 3.63) is 110 Å². The quantitative estimate of drug-likeness (QED) is 0.139. The number of benzene rings is 3. The van der Waals surface area contributed by atoms with Gasteiger partial charge in [0.15, 0.2) is 22.0 Å². The maximum atomic E-state index is 14.3. The first-order valence-corrected chi connectivity index (χ1v) is 16.3. The summed E-state index contributed by atoms with van der Waals surface area (Å²) in [6, 6.07) is 17.4. The van der Waals surface area contributed by atoms with Crippen LogP contribution in [0.15, 0.2) is 76.0 Å². The van der Waals surface area contributed by atoms with Gasteiger partial charge in [0.05, 0.1) is 46.2 Å². The van der Waals surface area contributed by atoms with E-state index in [2.05, 4.69) is 45.2 Å². The summed E-state index contributed by atoms with van der Waals surface area (Å²) in [6.45, 7) is 3.19. The Morgan fingerprint density at radius 3 is 2.41 bits per heavy atom. The minimum absolute atomic E-state index is 0.137. The highest BCUT2D eigenvalue weighted by atomic mass is 127. The SMILES string of the molecule is CCOC(=O)C1=C(c2ccccc2)N=c2s/c(=C\c3cc(I)cc(I)c3OC(C)=O)c(=O)n2[C@@H]1c1ccc(OC)c(OC)c1. The number of rotatable bonds is 8. The van der Waals surface area contributed by atoms with Crippen molar-refractivity contribution >= 4 is 80.2 Å². The Labute approximate surface area is 284 Å². The Bertz CT molecular complexity index is 1980. The molecule has 0 saturated heterocycles. The lowest BCUT2D eigenvalue weighted by Crippen LogP contribution is -2.40. The molecular weight excluding hydrogens is 810 g/mol. The van der Waals surface area contributed by atoms with Crippen molar-refractivity contribution in [3.63, 3.8) is 0 Å². The molecule has 2 heterocycles. The molecule has 0 fully saturated rings. The van der Waals surface area contributed by atoms with Gasteiger partial charge in [-0.15, -0.1) is 0 Å². The predicted octanol–water partition coefficient (Wildman–Crippen LogP) is 5.09. The summed E-state index contributed by atoms with van der Waals surface area (Å²) in [6.07, 6.45) is 1.69. The fourth-order valence-corrected chi connectivity index (χ4v) is 7.85. The van der Waals surface area contributed by atoms with Crippen molar-refractivity contribution in [3.8, 4) is 17.2 Å². The third-order valence-corrected chi connectivity index (χ3v) is 9.07. The molecule has 0 saturated carbocycles. The molecular formula is C32H26I2N2O7S. The van der Waals surface area contributed by atoms with E-state index in [-0.39, 0.29) is 17.7 Å². The third-order valence-electron chi connectivity index (χ3n) is 6.67. The number of hydrogen-bond donors (Lipinski definition) is 0. The Morgan fingerprint density at radius 1 is 1.02 bits per heavy atom. The summed E-state index contributed by atoms with van der Waals surface area (Å²) in [5.74, 6) is 0.236. The molecule has 0 amide bonds. The molecule has 226 valence electrons. The van der Waals surface area contributed by atoms with Gasteiger partial charge in [-0.3, -0.25) is 14.2 Å². The molecule has 1 aromatic heterocycles. The molecule has 0 bridgehead atoms. The number of hydrogen-bond acceptors (Lipinski definition) is 9. The average Bonchev–Trinajstić information content (AvgIpc) is 3.32.